The molecule has 0 aromatic carbocycles. The lowest BCUT2D eigenvalue weighted by atomic mass is 10.1. The number of esters is 1. The number of amides is 1. The Morgan fingerprint density at radius 1 is 1.24 bits per heavy atom. The number of rotatable bonds is 1. The molecule has 1 amide bonds. The minimum Gasteiger partial charge on any atom is -0.459 e. The Hall–Kier alpha value is -1.10. The van der Waals surface area contributed by atoms with E-state index in [0.29, 0.717) is 25.2 Å². The Kier molecular flexibility index (Phi) is 3.66. The molecule has 2 unspecified atom stereocenters. The molecule has 0 aliphatic carbocycles. The van der Waals surface area contributed by atoms with E-state index in [-0.39, 0.29) is 6.61 Å². The number of nitrogens with zero attached hydrogens (tertiary/aromatic N) is 2. The van der Waals surface area contributed by atoms with Gasteiger partial charge in [-0.05, 0) is 33.2 Å². The highest BCUT2D eigenvalue weighted by molar-refractivity contribution is 6.32. The lowest BCUT2D eigenvalue weighted by Gasteiger charge is -2.24. The lowest BCUT2D eigenvalue weighted by Crippen LogP contribution is -2.43. The topological polar surface area (TPSA) is 49.9 Å². The summed E-state index contributed by atoms with van der Waals surface area (Å²) < 4.78 is 4.76. The zero-order valence-corrected chi connectivity index (χ0v) is 10.5. The van der Waals surface area contributed by atoms with E-state index in [2.05, 4.69) is 11.9 Å². The Bertz CT molecular complexity index is 319. The first kappa shape index (κ1) is 12.4. The number of ether oxygens (including phenoxy) is 1. The predicted molar refractivity (Wildman–Crippen MR) is 62.4 cm³/mol. The van der Waals surface area contributed by atoms with Crippen LogP contribution in [0.25, 0.3) is 0 Å². The van der Waals surface area contributed by atoms with Crippen LogP contribution in [0.4, 0.5) is 0 Å². The summed E-state index contributed by atoms with van der Waals surface area (Å²) in [7, 11) is 2.11. The molecule has 0 radical (unpaired) electrons. The van der Waals surface area contributed by atoms with E-state index in [1.807, 2.05) is 0 Å². The van der Waals surface area contributed by atoms with Crippen molar-refractivity contribution in [2.45, 2.75) is 38.3 Å². The van der Waals surface area contributed by atoms with Crippen LogP contribution in [0.15, 0.2) is 0 Å². The maximum atomic E-state index is 11.9. The summed E-state index contributed by atoms with van der Waals surface area (Å²) in [4.78, 5) is 27.3. The quantitative estimate of drug-likeness (QED) is 0.487. The maximum Gasteiger partial charge on any atom is 0.397 e. The largest absolute Gasteiger partial charge is 0.459 e. The fourth-order valence-electron chi connectivity index (χ4n) is 2.82. The number of fused-ring (bicyclic) bond motifs is 2. The van der Waals surface area contributed by atoms with Crippen molar-refractivity contribution in [3.05, 3.63) is 0 Å². The van der Waals surface area contributed by atoms with E-state index in [4.69, 9.17) is 4.74 Å². The van der Waals surface area contributed by atoms with E-state index in [1.54, 1.807) is 11.8 Å². The molecule has 0 aromatic heterocycles. The summed E-state index contributed by atoms with van der Waals surface area (Å²) in [5.74, 6) is -1.19. The van der Waals surface area contributed by atoms with Crippen molar-refractivity contribution < 1.29 is 14.3 Å². The van der Waals surface area contributed by atoms with E-state index in [0.717, 1.165) is 12.8 Å². The Labute approximate surface area is 102 Å². The molecule has 96 valence electrons. The maximum absolute atomic E-state index is 11.9. The van der Waals surface area contributed by atoms with Gasteiger partial charge in [-0.25, -0.2) is 4.79 Å². The summed E-state index contributed by atoms with van der Waals surface area (Å²) in [6.45, 7) is 3.29. The summed E-state index contributed by atoms with van der Waals surface area (Å²) in [6.07, 6.45) is 3.29. The first-order valence-corrected chi connectivity index (χ1v) is 6.31. The van der Waals surface area contributed by atoms with E-state index in [1.165, 1.54) is 6.42 Å². The van der Waals surface area contributed by atoms with Gasteiger partial charge in [-0.2, -0.15) is 0 Å². The Balaban J connectivity index is 1.99. The third-order valence-corrected chi connectivity index (χ3v) is 3.89. The molecule has 2 aliphatic rings. The van der Waals surface area contributed by atoms with Crippen molar-refractivity contribution in [3.8, 4) is 0 Å². The molecule has 0 N–H and O–H groups in total. The van der Waals surface area contributed by atoms with Crippen LogP contribution in [0, 0.1) is 0 Å². The number of likely N-dealkylation sites (tertiary alicyclic amines) is 1. The minimum absolute atomic E-state index is 0.254. The van der Waals surface area contributed by atoms with Gasteiger partial charge in [-0.15, -0.1) is 0 Å². The highest BCUT2D eigenvalue weighted by Crippen LogP contribution is 2.28. The third kappa shape index (κ3) is 2.44. The van der Waals surface area contributed by atoms with Gasteiger partial charge in [-0.3, -0.25) is 9.69 Å². The van der Waals surface area contributed by atoms with Crippen LogP contribution in [-0.4, -0.2) is 60.5 Å². The van der Waals surface area contributed by atoms with Gasteiger partial charge in [-0.1, -0.05) is 0 Å². The number of hydrogen-bond acceptors (Lipinski definition) is 4. The van der Waals surface area contributed by atoms with Crippen molar-refractivity contribution >= 4 is 11.9 Å². The van der Waals surface area contributed by atoms with E-state index >= 15 is 0 Å². The fourth-order valence-corrected chi connectivity index (χ4v) is 2.82. The Morgan fingerprint density at radius 2 is 1.94 bits per heavy atom. The van der Waals surface area contributed by atoms with Crippen molar-refractivity contribution in [1.29, 1.82) is 0 Å². The number of likely N-dealkylation sites (N-methyl/N-ethyl adjacent to an activating group) is 1. The summed E-state index contributed by atoms with van der Waals surface area (Å²) >= 11 is 0. The highest BCUT2D eigenvalue weighted by atomic mass is 16.5. The molecule has 2 atom stereocenters. The van der Waals surface area contributed by atoms with Crippen molar-refractivity contribution in [2.24, 2.45) is 0 Å². The molecule has 2 rings (SSSR count). The molecule has 0 spiro atoms. The van der Waals surface area contributed by atoms with Gasteiger partial charge in [0.05, 0.1) is 6.61 Å². The van der Waals surface area contributed by atoms with E-state index in [9.17, 15) is 9.59 Å². The average molecular weight is 240 g/mol. The third-order valence-electron chi connectivity index (χ3n) is 3.89. The second-order valence-electron chi connectivity index (χ2n) is 4.81. The highest BCUT2D eigenvalue weighted by Gasteiger charge is 2.37. The Morgan fingerprint density at radius 3 is 2.65 bits per heavy atom. The minimum atomic E-state index is -0.715. The molecule has 0 aromatic rings. The molecule has 2 aliphatic heterocycles. The summed E-state index contributed by atoms with van der Waals surface area (Å²) in [5.41, 5.74) is 0. The second kappa shape index (κ2) is 5.04. The van der Waals surface area contributed by atoms with Crippen LogP contribution in [0.2, 0.25) is 0 Å². The van der Waals surface area contributed by atoms with Crippen LogP contribution in [0.5, 0.6) is 0 Å². The van der Waals surface area contributed by atoms with Crippen LogP contribution in [0.1, 0.15) is 26.2 Å². The van der Waals surface area contributed by atoms with Gasteiger partial charge in [0.15, 0.2) is 0 Å². The molecule has 2 fully saturated rings. The molecular formula is C12H20N2O3. The molecule has 2 heterocycles. The van der Waals surface area contributed by atoms with Crippen LogP contribution < -0.4 is 0 Å². The number of carbonyl (C=O) groups excluding carboxylic acids is 2. The zero-order chi connectivity index (χ0) is 12.4. The number of carbonyl (C=O) groups is 2. The van der Waals surface area contributed by atoms with Gasteiger partial charge >= 0.3 is 11.9 Å². The van der Waals surface area contributed by atoms with Crippen LogP contribution in [0.3, 0.4) is 0 Å². The molecule has 5 heteroatoms. The summed E-state index contributed by atoms with van der Waals surface area (Å²) in [5, 5.41) is 0. The van der Waals surface area contributed by atoms with Gasteiger partial charge in [0.25, 0.3) is 0 Å². The molecule has 2 bridgehead atoms. The number of hydrogen-bond donors (Lipinski definition) is 0. The standard InChI is InChI=1S/C12H20N2O3/c1-3-17-12(16)11(15)14-7-6-9-4-5-10(8-14)13(9)2/h9-10H,3-8H2,1-2H3. The average Bonchev–Trinajstić information content (AvgIpc) is 2.53. The molecular weight excluding hydrogens is 220 g/mol. The first-order chi connectivity index (χ1) is 8.13. The smallest absolute Gasteiger partial charge is 0.397 e. The fraction of sp³-hybridized carbons (Fsp3) is 0.833. The zero-order valence-electron chi connectivity index (χ0n) is 10.5. The van der Waals surface area contributed by atoms with Crippen LogP contribution >= 0.6 is 0 Å². The monoisotopic (exact) mass is 240 g/mol. The normalized spacial score (nSPS) is 28.9. The predicted octanol–water partition coefficient (Wildman–Crippen LogP) is 0.245. The van der Waals surface area contributed by atoms with Crippen molar-refractivity contribution in [2.75, 3.05) is 26.7 Å². The van der Waals surface area contributed by atoms with Gasteiger partial charge < -0.3 is 9.64 Å². The lowest BCUT2D eigenvalue weighted by molar-refractivity contribution is -0.160. The summed E-state index contributed by atoms with van der Waals surface area (Å²) in [6, 6.07) is 0.973. The van der Waals surface area contributed by atoms with Gasteiger partial charge in [0.2, 0.25) is 0 Å². The van der Waals surface area contributed by atoms with Gasteiger partial charge in [0.1, 0.15) is 0 Å². The molecule has 0 saturated carbocycles. The van der Waals surface area contributed by atoms with Crippen molar-refractivity contribution in [3.63, 3.8) is 0 Å². The second-order valence-corrected chi connectivity index (χ2v) is 4.81. The van der Waals surface area contributed by atoms with E-state index < -0.39 is 11.9 Å². The molecule has 5 nitrogen and oxygen atoms in total. The van der Waals surface area contributed by atoms with Crippen molar-refractivity contribution in [1.82, 2.24) is 9.80 Å². The SMILES string of the molecule is CCOC(=O)C(=O)N1CCC2CCC(C1)N2C. The molecule has 2 saturated heterocycles. The van der Waals surface area contributed by atoms with Crippen LogP contribution in [-0.2, 0) is 14.3 Å². The first-order valence-electron chi connectivity index (χ1n) is 6.31. The van der Waals surface area contributed by atoms with Gasteiger partial charge in [0, 0.05) is 25.2 Å². The molecule has 17 heavy (non-hydrogen) atoms.